The van der Waals surface area contributed by atoms with Crippen molar-refractivity contribution in [1.29, 1.82) is 0 Å². The Kier molecular flexibility index (Phi) is 5.97. The molecule has 3 amide bonds. The Balaban J connectivity index is 1.73. The van der Waals surface area contributed by atoms with E-state index in [1.807, 2.05) is 27.8 Å². The van der Waals surface area contributed by atoms with E-state index in [0.717, 1.165) is 40.2 Å². The highest BCUT2D eigenvalue weighted by atomic mass is 32.2. The van der Waals surface area contributed by atoms with Crippen LogP contribution in [0.3, 0.4) is 0 Å². The van der Waals surface area contributed by atoms with Crippen molar-refractivity contribution >= 4 is 45.8 Å². The Morgan fingerprint density at radius 2 is 1.97 bits per heavy atom. The number of thioether (sulfide) groups is 1. The highest BCUT2D eigenvalue weighted by Crippen LogP contribution is 2.34. The molecule has 30 heavy (non-hydrogen) atoms. The van der Waals surface area contributed by atoms with Gasteiger partial charge in [-0.25, -0.2) is 0 Å². The van der Waals surface area contributed by atoms with Crippen LogP contribution in [0.25, 0.3) is 17.0 Å². The van der Waals surface area contributed by atoms with E-state index in [1.54, 1.807) is 13.0 Å². The van der Waals surface area contributed by atoms with Crippen LogP contribution >= 0.6 is 11.8 Å². The number of hydrogen-bond donors (Lipinski definition) is 0. The minimum atomic E-state index is -0.260. The molecule has 1 aromatic heterocycles. The fourth-order valence-corrected chi connectivity index (χ4v) is 4.86. The Hall–Kier alpha value is -2.58. The summed E-state index contributed by atoms with van der Waals surface area (Å²) in [7, 11) is 0. The summed E-state index contributed by atoms with van der Waals surface area (Å²) < 4.78 is 7.32. The Morgan fingerprint density at radius 3 is 2.63 bits per heavy atom. The molecule has 0 saturated carbocycles. The average molecular weight is 428 g/mol. The number of hydrogen-bond acceptors (Lipinski definition) is 5. The van der Waals surface area contributed by atoms with E-state index in [-0.39, 0.29) is 23.6 Å². The highest BCUT2D eigenvalue weighted by Gasteiger charge is 2.34. The average Bonchev–Trinajstić information content (AvgIpc) is 3.24. The second-order valence-electron chi connectivity index (χ2n) is 7.30. The number of nitrogens with zero attached hydrogens (tertiary/aromatic N) is 3. The summed E-state index contributed by atoms with van der Waals surface area (Å²) in [5, 5.41) is 0.738. The number of ether oxygens (including phenoxy) is 1. The van der Waals surface area contributed by atoms with Crippen molar-refractivity contribution < 1.29 is 19.1 Å². The molecule has 8 heteroatoms. The maximum Gasteiger partial charge on any atom is 0.293 e. The summed E-state index contributed by atoms with van der Waals surface area (Å²) in [5.74, 6) is -0.205. The lowest BCUT2D eigenvalue weighted by Gasteiger charge is -2.27. The first-order valence-corrected chi connectivity index (χ1v) is 11.1. The maximum atomic E-state index is 12.9. The normalized spacial score (nSPS) is 18.8. The number of aromatic nitrogens is 1. The molecular formula is C22H25N3O4S. The first-order valence-electron chi connectivity index (χ1n) is 10.2. The summed E-state index contributed by atoms with van der Waals surface area (Å²) in [6.45, 7) is 6.81. The van der Waals surface area contributed by atoms with Crippen LogP contribution in [0.5, 0.6) is 0 Å². The lowest BCUT2D eigenvalue weighted by molar-refractivity contribution is -0.135. The SMILES string of the molecule is CCc1cccc2c(/C=C3\SC(=O)N(CC)C3=O)cn(CC(=O)N3CCOCC3)c12. The molecular weight excluding hydrogens is 402 g/mol. The monoisotopic (exact) mass is 427 g/mol. The van der Waals surface area contributed by atoms with E-state index in [9.17, 15) is 14.4 Å². The van der Waals surface area contributed by atoms with Crippen molar-refractivity contribution in [1.82, 2.24) is 14.4 Å². The molecule has 0 atom stereocenters. The van der Waals surface area contributed by atoms with Crippen LogP contribution in [0.1, 0.15) is 25.0 Å². The molecule has 1 aromatic carbocycles. The second kappa shape index (κ2) is 8.65. The van der Waals surface area contributed by atoms with E-state index in [1.165, 1.54) is 4.90 Å². The van der Waals surface area contributed by atoms with Gasteiger partial charge in [0.15, 0.2) is 0 Å². The van der Waals surface area contributed by atoms with Crippen molar-refractivity contribution in [2.45, 2.75) is 26.8 Å². The zero-order chi connectivity index (χ0) is 21.3. The predicted molar refractivity (Wildman–Crippen MR) is 117 cm³/mol. The Morgan fingerprint density at radius 1 is 1.20 bits per heavy atom. The van der Waals surface area contributed by atoms with Gasteiger partial charge in [0.25, 0.3) is 11.1 Å². The lowest BCUT2D eigenvalue weighted by atomic mass is 10.1. The largest absolute Gasteiger partial charge is 0.378 e. The molecule has 4 rings (SSSR count). The number of para-hydroxylation sites is 1. The number of morpholine rings is 1. The van der Waals surface area contributed by atoms with Crippen LogP contribution in [0.4, 0.5) is 4.79 Å². The molecule has 7 nitrogen and oxygen atoms in total. The molecule has 2 aliphatic heterocycles. The van der Waals surface area contributed by atoms with E-state index >= 15 is 0 Å². The van der Waals surface area contributed by atoms with Gasteiger partial charge >= 0.3 is 0 Å². The van der Waals surface area contributed by atoms with Crippen molar-refractivity contribution in [2.75, 3.05) is 32.8 Å². The smallest absolute Gasteiger partial charge is 0.293 e. The van der Waals surface area contributed by atoms with E-state index in [2.05, 4.69) is 13.0 Å². The molecule has 2 fully saturated rings. The molecule has 0 bridgehead atoms. The fraction of sp³-hybridized carbons (Fsp3) is 0.409. The topological polar surface area (TPSA) is 71.9 Å². The van der Waals surface area contributed by atoms with E-state index in [4.69, 9.17) is 4.74 Å². The summed E-state index contributed by atoms with van der Waals surface area (Å²) in [6, 6.07) is 6.05. The minimum Gasteiger partial charge on any atom is -0.378 e. The molecule has 2 aromatic rings. The van der Waals surface area contributed by atoms with Crippen LogP contribution in [0, 0.1) is 0 Å². The number of fused-ring (bicyclic) bond motifs is 1. The van der Waals surface area contributed by atoms with Crippen LogP contribution < -0.4 is 0 Å². The number of carbonyl (C=O) groups is 3. The lowest BCUT2D eigenvalue weighted by Crippen LogP contribution is -2.42. The molecule has 2 saturated heterocycles. The van der Waals surface area contributed by atoms with Gasteiger partial charge in [-0.3, -0.25) is 19.3 Å². The number of aryl methyl sites for hydroxylation is 1. The highest BCUT2D eigenvalue weighted by molar-refractivity contribution is 8.18. The van der Waals surface area contributed by atoms with Crippen molar-refractivity contribution in [3.05, 3.63) is 40.4 Å². The first-order chi connectivity index (χ1) is 14.5. The second-order valence-corrected chi connectivity index (χ2v) is 8.29. The zero-order valence-electron chi connectivity index (χ0n) is 17.2. The van der Waals surface area contributed by atoms with Gasteiger partial charge in [-0.15, -0.1) is 0 Å². The Labute approximate surface area is 179 Å². The number of imide groups is 1. The van der Waals surface area contributed by atoms with Crippen LogP contribution in [-0.4, -0.2) is 64.3 Å². The van der Waals surface area contributed by atoms with E-state index in [0.29, 0.717) is 37.8 Å². The van der Waals surface area contributed by atoms with E-state index < -0.39 is 0 Å². The predicted octanol–water partition coefficient (Wildman–Crippen LogP) is 3.12. The molecule has 3 heterocycles. The number of amides is 3. The third-order valence-corrected chi connectivity index (χ3v) is 6.45. The quantitative estimate of drug-likeness (QED) is 0.686. The van der Waals surface area contributed by atoms with Gasteiger partial charge < -0.3 is 14.2 Å². The minimum absolute atomic E-state index is 0.0546. The van der Waals surface area contributed by atoms with Crippen LogP contribution in [0.15, 0.2) is 29.3 Å². The summed E-state index contributed by atoms with van der Waals surface area (Å²) in [5.41, 5.74) is 2.99. The van der Waals surface area contributed by atoms with Crippen LogP contribution in [-0.2, 0) is 27.3 Å². The van der Waals surface area contributed by atoms with Gasteiger partial charge in [0.05, 0.1) is 23.6 Å². The molecule has 2 aliphatic rings. The van der Waals surface area contributed by atoms with Crippen molar-refractivity contribution in [2.24, 2.45) is 0 Å². The van der Waals surface area contributed by atoms with Gasteiger partial charge in [0, 0.05) is 36.8 Å². The Bertz CT molecular complexity index is 1040. The molecule has 158 valence electrons. The first kappa shape index (κ1) is 20.7. The number of likely N-dealkylation sites (N-methyl/N-ethyl adjacent to an activating group) is 1. The number of rotatable bonds is 5. The zero-order valence-corrected chi connectivity index (χ0v) is 18.0. The molecule has 0 unspecified atom stereocenters. The summed E-state index contributed by atoms with van der Waals surface area (Å²) >= 11 is 0.966. The number of carbonyl (C=O) groups excluding carboxylic acids is 3. The maximum absolute atomic E-state index is 12.9. The fourth-order valence-electron chi connectivity index (χ4n) is 3.96. The van der Waals surface area contributed by atoms with Gasteiger partial charge in [0.2, 0.25) is 5.91 Å². The molecule has 0 radical (unpaired) electrons. The standard InChI is InChI=1S/C22H25N3O4S/c1-3-15-6-5-7-17-16(12-18-21(27)25(4-2)22(28)30-18)13-24(20(15)17)14-19(26)23-8-10-29-11-9-23/h5-7,12-13H,3-4,8-11,14H2,1-2H3/b18-12-. The van der Waals surface area contributed by atoms with Gasteiger partial charge in [-0.1, -0.05) is 25.1 Å². The third-order valence-electron chi connectivity index (χ3n) is 5.54. The summed E-state index contributed by atoms with van der Waals surface area (Å²) in [6.07, 6.45) is 4.53. The van der Waals surface area contributed by atoms with Gasteiger partial charge in [-0.2, -0.15) is 0 Å². The van der Waals surface area contributed by atoms with Crippen molar-refractivity contribution in [3.63, 3.8) is 0 Å². The summed E-state index contributed by atoms with van der Waals surface area (Å²) in [4.78, 5) is 41.0. The third kappa shape index (κ3) is 3.77. The number of benzene rings is 1. The molecule has 0 N–H and O–H groups in total. The van der Waals surface area contributed by atoms with Crippen LogP contribution in [0.2, 0.25) is 0 Å². The van der Waals surface area contributed by atoms with Gasteiger partial charge in [0.1, 0.15) is 6.54 Å². The molecule has 0 spiro atoms. The molecule has 0 aliphatic carbocycles. The van der Waals surface area contributed by atoms with Crippen molar-refractivity contribution in [3.8, 4) is 0 Å². The van der Waals surface area contributed by atoms with Gasteiger partial charge in [-0.05, 0) is 36.7 Å².